The number of carbonyl (C=O) groups is 1. The quantitative estimate of drug-likeness (QED) is 0.680. The van der Waals surface area contributed by atoms with Gasteiger partial charge in [-0.1, -0.05) is 0 Å². The molecule has 1 aliphatic carbocycles. The summed E-state index contributed by atoms with van der Waals surface area (Å²) in [5.41, 5.74) is -4.96. The van der Waals surface area contributed by atoms with Crippen LogP contribution in [0.2, 0.25) is 0 Å². The first-order chi connectivity index (χ1) is 8.28. The van der Waals surface area contributed by atoms with Gasteiger partial charge in [-0.25, -0.2) is 14.8 Å². The third-order valence-electron chi connectivity index (χ3n) is 2.44. The molecule has 1 aliphatic rings. The van der Waals surface area contributed by atoms with Gasteiger partial charge >= 0.3 is 11.5 Å². The molecule has 1 aromatic heterocycles. The summed E-state index contributed by atoms with van der Waals surface area (Å²) in [5, 5.41) is 8.40. The van der Waals surface area contributed by atoms with Crippen LogP contribution in [0.25, 0.3) is 0 Å². The molecule has 0 radical (unpaired) electrons. The lowest BCUT2D eigenvalue weighted by Gasteiger charge is -2.11. The minimum Gasteiger partial charge on any atom is -0.478 e. The van der Waals surface area contributed by atoms with Crippen molar-refractivity contribution in [1.82, 2.24) is 9.97 Å². The van der Waals surface area contributed by atoms with Gasteiger partial charge in [0.2, 0.25) is 0 Å². The van der Waals surface area contributed by atoms with E-state index in [0.29, 0.717) is 5.82 Å². The molecule has 98 valence electrons. The van der Waals surface area contributed by atoms with Crippen molar-refractivity contribution in [3.05, 3.63) is 17.1 Å². The number of rotatable bonds is 3. The van der Waals surface area contributed by atoms with Crippen molar-refractivity contribution in [2.75, 3.05) is 0 Å². The molecule has 0 unspecified atom stereocenters. The lowest BCUT2D eigenvalue weighted by molar-refractivity contribution is -0.0329. The molecule has 18 heavy (non-hydrogen) atoms. The summed E-state index contributed by atoms with van der Waals surface area (Å²) in [6.07, 6.45) is 1.67. The molecular formula is C10H9F3N2O2S. The third kappa shape index (κ3) is 2.92. The van der Waals surface area contributed by atoms with Crippen LogP contribution in [-0.2, 0) is 0 Å². The van der Waals surface area contributed by atoms with Gasteiger partial charge < -0.3 is 5.11 Å². The second-order valence-electron chi connectivity index (χ2n) is 3.97. The van der Waals surface area contributed by atoms with Crippen LogP contribution in [0.15, 0.2) is 5.03 Å². The number of halogens is 3. The van der Waals surface area contributed by atoms with E-state index in [1.165, 1.54) is 6.92 Å². The van der Waals surface area contributed by atoms with Gasteiger partial charge in [-0.3, -0.25) is 0 Å². The summed E-state index contributed by atoms with van der Waals surface area (Å²) in [4.78, 5) is 18.7. The number of aromatic carboxylic acids is 1. The van der Waals surface area contributed by atoms with Crippen LogP contribution >= 0.6 is 11.8 Å². The van der Waals surface area contributed by atoms with Gasteiger partial charge in [0.05, 0.1) is 5.69 Å². The van der Waals surface area contributed by atoms with Crippen LogP contribution in [-0.4, -0.2) is 26.6 Å². The molecule has 4 nitrogen and oxygen atoms in total. The first-order valence-corrected chi connectivity index (χ1v) is 5.97. The Balaban J connectivity index is 2.47. The van der Waals surface area contributed by atoms with E-state index >= 15 is 0 Å². The molecule has 1 heterocycles. The smallest absolute Gasteiger partial charge is 0.447 e. The SMILES string of the molecule is Cc1nc(C2CC2)nc(SC(F)(F)F)c1C(=O)O. The van der Waals surface area contributed by atoms with Gasteiger partial charge in [0.15, 0.2) is 0 Å². The Morgan fingerprint density at radius 2 is 2.00 bits per heavy atom. The number of hydrogen-bond donors (Lipinski definition) is 1. The second-order valence-corrected chi connectivity index (χ2v) is 5.03. The van der Waals surface area contributed by atoms with Gasteiger partial charge in [0, 0.05) is 17.7 Å². The number of carboxylic acids is 1. The maximum atomic E-state index is 12.4. The van der Waals surface area contributed by atoms with Crippen molar-refractivity contribution in [3.63, 3.8) is 0 Å². The normalized spacial score (nSPS) is 15.8. The van der Waals surface area contributed by atoms with E-state index in [1.54, 1.807) is 0 Å². The molecule has 0 atom stereocenters. The lowest BCUT2D eigenvalue weighted by atomic mass is 10.2. The van der Waals surface area contributed by atoms with E-state index in [9.17, 15) is 18.0 Å². The molecule has 1 fully saturated rings. The van der Waals surface area contributed by atoms with E-state index in [1.807, 2.05) is 0 Å². The maximum absolute atomic E-state index is 12.4. The summed E-state index contributed by atoms with van der Waals surface area (Å²) in [7, 11) is 0. The van der Waals surface area contributed by atoms with Crippen LogP contribution < -0.4 is 0 Å². The summed E-state index contributed by atoms with van der Waals surface area (Å²) in [6, 6.07) is 0. The average Bonchev–Trinajstić information content (AvgIpc) is 2.95. The third-order valence-corrected chi connectivity index (χ3v) is 3.16. The second kappa shape index (κ2) is 4.42. The number of nitrogens with zero attached hydrogens (tertiary/aromatic N) is 2. The predicted molar refractivity (Wildman–Crippen MR) is 57.6 cm³/mol. The Bertz CT molecular complexity index is 501. The fourth-order valence-electron chi connectivity index (χ4n) is 1.52. The number of aryl methyl sites for hydroxylation is 1. The molecule has 0 aromatic carbocycles. The first-order valence-electron chi connectivity index (χ1n) is 5.15. The van der Waals surface area contributed by atoms with Crippen molar-refractivity contribution in [3.8, 4) is 0 Å². The number of aromatic nitrogens is 2. The van der Waals surface area contributed by atoms with Crippen LogP contribution in [0.1, 0.15) is 40.6 Å². The zero-order chi connectivity index (χ0) is 13.5. The minimum absolute atomic E-state index is 0.0686. The monoisotopic (exact) mass is 278 g/mol. The molecule has 8 heteroatoms. The fraction of sp³-hybridized carbons (Fsp3) is 0.500. The highest BCUT2D eigenvalue weighted by Crippen LogP contribution is 2.42. The van der Waals surface area contributed by atoms with Gasteiger partial charge in [0.1, 0.15) is 16.4 Å². The largest absolute Gasteiger partial charge is 0.478 e. The van der Waals surface area contributed by atoms with Crippen LogP contribution in [0.5, 0.6) is 0 Å². The van der Waals surface area contributed by atoms with Crippen LogP contribution in [0.3, 0.4) is 0 Å². The molecule has 0 bridgehead atoms. The summed E-state index contributed by atoms with van der Waals surface area (Å²) >= 11 is -0.503. The number of hydrogen-bond acceptors (Lipinski definition) is 4. The zero-order valence-electron chi connectivity index (χ0n) is 9.28. The first kappa shape index (κ1) is 13.1. The number of alkyl halides is 3. The lowest BCUT2D eigenvalue weighted by Crippen LogP contribution is -2.12. The molecule has 0 saturated heterocycles. The molecule has 0 spiro atoms. The minimum atomic E-state index is -4.56. The Hall–Kier alpha value is -1.31. The molecule has 0 aliphatic heterocycles. The molecule has 2 rings (SSSR count). The van der Waals surface area contributed by atoms with Crippen molar-refractivity contribution < 1.29 is 23.1 Å². The van der Waals surface area contributed by atoms with Crippen LogP contribution in [0.4, 0.5) is 13.2 Å². The highest BCUT2D eigenvalue weighted by Gasteiger charge is 2.35. The van der Waals surface area contributed by atoms with E-state index in [4.69, 9.17) is 5.11 Å². The molecule has 1 saturated carbocycles. The highest BCUT2D eigenvalue weighted by atomic mass is 32.2. The number of carboxylic acid groups (broad SMARTS) is 1. The van der Waals surface area contributed by atoms with E-state index in [2.05, 4.69) is 9.97 Å². The Morgan fingerprint density at radius 3 is 2.44 bits per heavy atom. The van der Waals surface area contributed by atoms with E-state index in [-0.39, 0.29) is 11.6 Å². The average molecular weight is 278 g/mol. The highest BCUT2D eigenvalue weighted by molar-refractivity contribution is 8.00. The Kier molecular flexibility index (Phi) is 3.22. The maximum Gasteiger partial charge on any atom is 0.447 e. The Labute approximate surface area is 105 Å². The zero-order valence-corrected chi connectivity index (χ0v) is 10.1. The van der Waals surface area contributed by atoms with Crippen molar-refractivity contribution in [1.29, 1.82) is 0 Å². The molecule has 0 amide bonds. The predicted octanol–water partition coefficient (Wildman–Crippen LogP) is 2.97. The molecule has 1 aromatic rings. The van der Waals surface area contributed by atoms with E-state index < -0.39 is 33.8 Å². The van der Waals surface area contributed by atoms with Crippen molar-refractivity contribution in [2.24, 2.45) is 0 Å². The molecule has 1 N–H and O–H groups in total. The van der Waals surface area contributed by atoms with Gasteiger partial charge in [-0.2, -0.15) is 13.2 Å². The standard InChI is InChI=1S/C10H9F3N2O2S/c1-4-6(9(16)17)8(18-10(11,12)13)15-7(14-4)5-2-3-5/h5H,2-3H2,1H3,(H,16,17). The van der Waals surface area contributed by atoms with Crippen molar-refractivity contribution >= 4 is 17.7 Å². The summed E-state index contributed by atoms with van der Waals surface area (Å²) in [5.74, 6) is -1.06. The van der Waals surface area contributed by atoms with Gasteiger partial charge in [-0.05, 0) is 19.8 Å². The topological polar surface area (TPSA) is 63.1 Å². The van der Waals surface area contributed by atoms with Crippen LogP contribution in [0, 0.1) is 6.92 Å². The van der Waals surface area contributed by atoms with E-state index in [0.717, 1.165) is 12.8 Å². The Morgan fingerprint density at radius 1 is 1.39 bits per heavy atom. The molecular weight excluding hydrogens is 269 g/mol. The fourth-order valence-corrected chi connectivity index (χ4v) is 2.22. The summed E-state index contributed by atoms with van der Waals surface area (Å²) < 4.78 is 37.1. The number of thioether (sulfide) groups is 1. The summed E-state index contributed by atoms with van der Waals surface area (Å²) in [6.45, 7) is 1.39. The van der Waals surface area contributed by atoms with Crippen molar-refractivity contribution in [2.45, 2.75) is 36.2 Å². The van der Waals surface area contributed by atoms with Gasteiger partial charge in [0.25, 0.3) is 0 Å². The van der Waals surface area contributed by atoms with Gasteiger partial charge in [-0.15, -0.1) is 0 Å².